The second-order valence-corrected chi connectivity index (χ2v) is 4.53. The fourth-order valence-corrected chi connectivity index (χ4v) is 2.02. The smallest absolute Gasteiger partial charge is 0.0525 e. The van der Waals surface area contributed by atoms with Crippen molar-refractivity contribution in [3.05, 3.63) is 53.3 Å². The molecule has 0 aliphatic carbocycles. The number of nitrogens with two attached hydrogens (primary N) is 1. The third kappa shape index (κ3) is 2.94. The molecule has 90 valence electrons. The molecular weight excluding hydrogens is 210 g/mol. The molecule has 1 heterocycles. The van der Waals surface area contributed by atoms with Crippen LogP contribution in [0.3, 0.4) is 0 Å². The molecule has 2 aromatic rings. The Morgan fingerprint density at radius 3 is 2.53 bits per heavy atom. The van der Waals surface area contributed by atoms with Crippen LogP contribution in [0.4, 0.5) is 0 Å². The Labute approximate surface area is 102 Å². The van der Waals surface area contributed by atoms with Crippen molar-refractivity contribution < 1.29 is 0 Å². The maximum atomic E-state index is 6.18. The Morgan fingerprint density at radius 1 is 1.24 bits per heavy atom. The van der Waals surface area contributed by atoms with E-state index in [1.54, 1.807) is 0 Å². The first-order chi connectivity index (χ1) is 8.16. The Morgan fingerprint density at radius 2 is 1.94 bits per heavy atom. The zero-order chi connectivity index (χ0) is 12.3. The summed E-state index contributed by atoms with van der Waals surface area (Å²) in [6, 6.07) is 10.5. The minimum absolute atomic E-state index is 0.153. The lowest BCUT2D eigenvalue weighted by molar-refractivity contribution is 0.659. The lowest BCUT2D eigenvalue weighted by atomic mass is 10.0. The second-order valence-electron chi connectivity index (χ2n) is 4.53. The molecule has 2 rings (SSSR count). The highest BCUT2D eigenvalue weighted by molar-refractivity contribution is 5.20. The molecule has 3 heteroatoms. The second kappa shape index (κ2) is 5.15. The van der Waals surface area contributed by atoms with Crippen LogP contribution >= 0.6 is 0 Å². The van der Waals surface area contributed by atoms with Crippen LogP contribution < -0.4 is 5.73 Å². The molecule has 1 aromatic heterocycles. The minimum Gasteiger partial charge on any atom is -0.327 e. The third-order valence-electron chi connectivity index (χ3n) is 3.16. The maximum Gasteiger partial charge on any atom is 0.0525 e. The van der Waals surface area contributed by atoms with E-state index in [0.29, 0.717) is 0 Å². The number of hydrogen-bond donors (Lipinski definition) is 1. The van der Waals surface area contributed by atoms with Gasteiger partial charge < -0.3 is 5.73 Å². The number of benzene rings is 1. The molecule has 3 nitrogen and oxygen atoms in total. The predicted octanol–water partition coefficient (Wildman–Crippen LogP) is 1.84. The van der Waals surface area contributed by atoms with Gasteiger partial charge in [-0.25, -0.2) is 0 Å². The van der Waals surface area contributed by atoms with Crippen molar-refractivity contribution in [2.75, 3.05) is 0 Å². The van der Waals surface area contributed by atoms with Crippen LogP contribution in [0.1, 0.15) is 16.8 Å². The summed E-state index contributed by atoms with van der Waals surface area (Å²) in [7, 11) is 1.96. The Kier molecular flexibility index (Phi) is 3.59. The van der Waals surface area contributed by atoms with Crippen molar-refractivity contribution in [1.82, 2.24) is 9.78 Å². The van der Waals surface area contributed by atoms with E-state index in [1.165, 1.54) is 16.8 Å². The molecule has 0 saturated carbocycles. The van der Waals surface area contributed by atoms with E-state index in [1.807, 2.05) is 24.0 Å². The van der Waals surface area contributed by atoms with Crippen molar-refractivity contribution >= 4 is 0 Å². The van der Waals surface area contributed by atoms with Crippen molar-refractivity contribution in [1.29, 1.82) is 0 Å². The fraction of sp³-hybridized carbons (Fsp3) is 0.357. The van der Waals surface area contributed by atoms with Crippen molar-refractivity contribution in [3.63, 3.8) is 0 Å². The normalized spacial score (nSPS) is 12.6. The zero-order valence-electron chi connectivity index (χ0n) is 10.4. The lowest BCUT2D eigenvalue weighted by Crippen LogP contribution is -2.25. The summed E-state index contributed by atoms with van der Waals surface area (Å²) in [5.74, 6) is 0. The van der Waals surface area contributed by atoms with Gasteiger partial charge in [0, 0.05) is 18.8 Å². The maximum absolute atomic E-state index is 6.18. The first-order valence-electron chi connectivity index (χ1n) is 5.94. The van der Waals surface area contributed by atoms with Crippen molar-refractivity contribution in [2.45, 2.75) is 25.8 Å². The summed E-state index contributed by atoms with van der Waals surface area (Å²) in [6.07, 6.45) is 3.71. The van der Waals surface area contributed by atoms with E-state index >= 15 is 0 Å². The summed E-state index contributed by atoms with van der Waals surface area (Å²) in [5.41, 5.74) is 9.92. The van der Waals surface area contributed by atoms with Crippen LogP contribution in [0, 0.1) is 6.92 Å². The molecule has 0 aliphatic rings. The van der Waals surface area contributed by atoms with Gasteiger partial charge in [0.05, 0.1) is 6.20 Å². The van der Waals surface area contributed by atoms with E-state index in [9.17, 15) is 0 Å². The monoisotopic (exact) mass is 229 g/mol. The molecule has 17 heavy (non-hydrogen) atoms. The SMILES string of the molecule is Cc1c(CC(N)Cc2ccccc2)cnn1C. The van der Waals surface area contributed by atoms with Gasteiger partial charge in [0.15, 0.2) is 0 Å². The standard InChI is InChI=1S/C14H19N3/c1-11-13(10-16-17(11)2)9-14(15)8-12-6-4-3-5-7-12/h3-7,10,14H,8-9,15H2,1-2H3. The van der Waals surface area contributed by atoms with E-state index < -0.39 is 0 Å². The largest absolute Gasteiger partial charge is 0.327 e. The van der Waals surface area contributed by atoms with E-state index in [4.69, 9.17) is 5.73 Å². The molecule has 0 radical (unpaired) electrons. The first kappa shape index (κ1) is 11.9. The molecule has 1 unspecified atom stereocenters. The summed E-state index contributed by atoms with van der Waals surface area (Å²) in [4.78, 5) is 0. The van der Waals surface area contributed by atoms with Crippen LogP contribution in [0.25, 0.3) is 0 Å². The highest BCUT2D eigenvalue weighted by Crippen LogP contribution is 2.10. The number of rotatable bonds is 4. The van der Waals surface area contributed by atoms with Crippen LogP contribution in [0.15, 0.2) is 36.5 Å². The summed E-state index contributed by atoms with van der Waals surface area (Å²) in [5, 5.41) is 4.24. The van der Waals surface area contributed by atoms with E-state index in [0.717, 1.165) is 12.8 Å². The summed E-state index contributed by atoms with van der Waals surface area (Å²) < 4.78 is 1.89. The Hall–Kier alpha value is -1.61. The van der Waals surface area contributed by atoms with Crippen LogP contribution in [0.2, 0.25) is 0 Å². The van der Waals surface area contributed by atoms with E-state index in [2.05, 4.69) is 36.3 Å². The summed E-state index contributed by atoms with van der Waals surface area (Å²) in [6.45, 7) is 2.08. The molecule has 0 amide bonds. The number of nitrogens with zero attached hydrogens (tertiary/aromatic N) is 2. The Balaban J connectivity index is 1.98. The van der Waals surface area contributed by atoms with Gasteiger partial charge in [-0.15, -0.1) is 0 Å². The molecule has 0 bridgehead atoms. The Bertz CT molecular complexity index is 473. The van der Waals surface area contributed by atoms with Crippen LogP contribution in [-0.4, -0.2) is 15.8 Å². The van der Waals surface area contributed by atoms with Crippen molar-refractivity contribution in [2.24, 2.45) is 12.8 Å². The minimum atomic E-state index is 0.153. The van der Waals surface area contributed by atoms with Gasteiger partial charge in [-0.3, -0.25) is 4.68 Å². The molecule has 2 N–H and O–H groups in total. The highest BCUT2D eigenvalue weighted by atomic mass is 15.3. The lowest BCUT2D eigenvalue weighted by Gasteiger charge is -2.11. The number of hydrogen-bond acceptors (Lipinski definition) is 2. The molecule has 0 spiro atoms. The molecular formula is C14H19N3. The highest BCUT2D eigenvalue weighted by Gasteiger charge is 2.09. The molecule has 0 aliphatic heterocycles. The average molecular weight is 229 g/mol. The van der Waals surface area contributed by atoms with Gasteiger partial charge in [-0.1, -0.05) is 30.3 Å². The summed E-state index contributed by atoms with van der Waals surface area (Å²) >= 11 is 0. The van der Waals surface area contributed by atoms with Gasteiger partial charge in [-0.2, -0.15) is 5.10 Å². The average Bonchev–Trinajstić information content (AvgIpc) is 2.62. The topological polar surface area (TPSA) is 43.8 Å². The van der Waals surface area contributed by atoms with Crippen LogP contribution in [-0.2, 0) is 19.9 Å². The van der Waals surface area contributed by atoms with E-state index in [-0.39, 0.29) is 6.04 Å². The first-order valence-corrected chi connectivity index (χ1v) is 5.94. The number of aryl methyl sites for hydroxylation is 1. The number of aromatic nitrogens is 2. The molecule has 0 fully saturated rings. The fourth-order valence-electron chi connectivity index (χ4n) is 2.02. The van der Waals surface area contributed by atoms with Gasteiger partial charge in [-0.05, 0) is 30.9 Å². The third-order valence-corrected chi connectivity index (χ3v) is 3.16. The molecule has 1 atom stereocenters. The van der Waals surface area contributed by atoms with Gasteiger partial charge in [0.1, 0.15) is 0 Å². The molecule has 0 saturated heterocycles. The quantitative estimate of drug-likeness (QED) is 0.869. The van der Waals surface area contributed by atoms with Gasteiger partial charge in [0.2, 0.25) is 0 Å². The van der Waals surface area contributed by atoms with Crippen molar-refractivity contribution in [3.8, 4) is 0 Å². The van der Waals surface area contributed by atoms with Gasteiger partial charge in [0.25, 0.3) is 0 Å². The molecule has 1 aromatic carbocycles. The predicted molar refractivity (Wildman–Crippen MR) is 69.8 cm³/mol. The van der Waals surface area contributed by atoms with Crippen LogP contribution in [0.5, 0.6) is 0 Å². The zero-order valence-corrected chi connectivity index (χ0v) is 10.4. The van der Waals surface area contributed by atoms with Gasteiger partial charge >= 0.3 is 0 Å².